The van der Waals surface area contributed by atoms with Gasteiger partial charge in [-0.2, -0.15) is 0 Å². The van der Waals surface area contributed by atoms with Crippen LogP contribution in [0.4, 0.5) is 0 Å². The first-order valence-corrected chi connectivity index (χ1v) is 4.80. The first kappa shape index (κ1) is 7.22. The molecular formula is C6H8BrNS. The van der Waals surface area contributed by atoms with E-state index in [9.17, 15) is 0 Å². The molecule has 3 heteroatoms. The monoisotopic (exact) mass is 205 g/mol. The minimum absolute atomic E-state index is 1.01. The van der Waals surface area contributed by atoms with Gasteiger partial charge >= 0.3 is 0 Å². The fraction of sp³-hybridized carbons (Fsp3) is 0.500. The van der Waals surface area contributed by atoms with Crippen LogP contribution in [0.1, 0.15) is 10.7 Å². The summed E-state index contributed by atoms with van der Waals surface area (Å²) in [5.41, 5.74) is 1.20. The van der Waals surface area contributed by atoms with Gasteiger partial charge < -0.3 is 0 Å². The SMILES string of the molecule is Cc1nc(CCBr)cs1. The van der Waals surface area contributed by atoms with Crippen molar-refractivity contribution in [3.63, 3.8) is 0 Å². The highest BCUT2D eigenvalue weighted by Gasteiger charge is 1.94. The zero-order valence-corrected chi connectivity index (χ0v) is 7.63. The van der Waals surface area contributed by atoms with Gasteiger partial charge in [-0.05, 0) is 6.92 Å². The molecule has 1 aromatic heterocycles. The average Bonchev–Trinajstić information content (AvgIpc) is 2.17. The molecule has 0 bridgehead atoms. The molecule has 0 saturated carbocycles. The van der Waals surface area contributed by atoms with E-state index in [1.165, 1.54) is 5.69 Å². The molecule has 0 aliphatic rings. The van der Waals surface area contributed by atoms with Gasteiger partial charge in [-0.1, -0.05) is 15.9 Å². The number of aryl methyl sites for hydroxylation is 2. The summed E-state index contributed by atoms with van der Waals surface area (Å²) >= 11 is 5.07. The summed E-state index contributed by atoms with van der Waals surface area (Å²) in [6.07, 6.45) is 1.05. The average molecular weight is 206 g/mol. The smallest absolute Gasteiger partial charge is 0.0897 e. The number of hydrogen-bond donors (Lipinski definition) is 0. The molecule has 0 N–H and O–H groups in total. The predicted octanol–water partition coefficient (Wildman–Crippen LogP) is 2.39. The Hall–Kier alpha value is 0.110. The predicted molar refractivity (Wildman–Crippen MR) is 44.3 cm³/mol. The van der Waals surface area contributed by atoms with Crippen molar-refractivity contribution in [2.24, 2.45) is 0 Å². The lowest BCUT2D eigenvalue weighted by Crippen LogP contribution is -1.84. The van der Waals surface area contributed by atoms with Crippen molar-refractivity contribution in [1.29, 1.82) is 0 Å². The van der Waals surface area contributed by atoms with Gasteiger partial charge in [-0.15, -0.1) is 11.3 Å². The molecule has 0 saturated heterocycles. The summed E-state index contributed by atoms with van der Waals surface area (Å²) in [6.45, 7) is 2.03. The molecule has 0 atom stereocenters. The quantitative estimate of drug-likeness (QED) is 0.677. The van der Waals surface area contributed by atoms with Crippen LogP contribution in [-0.4, -0.2) is 10.3 Å². The molecule has 1 heterocycles. The Morgan fingerprint density at radius 3 is 3.00 bits per heavy atom. The van der Waals surface area contributed by atoms with Gasteiger partial charge in [-0.25, -0.2) is 4.98 Å². The van der Waals surface area contributed by atoms with Gasteiger partial charge in [0.25, 0.3) is 0 Å². The summed E-state index contributed by atoms with van der Waals surface area (Å²) in [7, 11) is 0. The summed E-state index contributed by atoms with van der Waals surface area (Å²) in [5.74, 6) is 0. The molecule has 0 unspecified atom stereocenters. The van der Waals surface area contributed by atoms with Crippen LogP contribution in [-0.2, 0) is 6.42 Å². The van der Waals surface area contributed by atoms with E-state index in [0.29, 0.717) is 0 Å². The van der Waals surface area contributed by atoms with E-state index in [0.717, 1.165) is 16.8 Å². The maximum atomic E-state index is 4.29. The van der Waals surface area contributed by atoms with E-state index >= 15 is 0 Å². The highest BCUT2D eigenvalue weighted by Crippen LogP contribution is 2.08. The summed E-state index contributed by atoms with van der Waals surface area (Å²) in [4.78, 5) is 4.29. The van der Waals surface area contributed by atoms with E-state index < -0.39 is 0 Å². The molecular weight excluding hydrogens is 198 g/mol. The highest BCUT2D eigenvalue weighted by atomic mass is 79.9. The zero-order chi connectivity index (χ0) is 6.69. The molecule has 9 heavy (non-hydrogen) atoms. The molecule has 50 valence electrons. The molecule has 0 spiro atoms. The van der Waals surface area contributed by atoms with E-state index in [2.05, 4.69) is 26.3 Å². The van der Waals surface area contributed by atoms with Crippen LogP contribution in [0.25, 0.3) is 0 Å². The molecule has 0 amide bonds. The van der Waals surface area contributed by atoms with Crippen molar-refractivity contribution in [1.82, 2.24) is 4.98 Å². The van der Waals surface area contributed by atoms with Gasteiger partial charge in [-0.3, -0.25) is 0 Å². The van der Waals surface area contributed by atoms with Crippen molar-refractivity contribution in [2.45, 2.75) is 13.3 Å². The molecule has 0 aliphatic heterocycles. The van der Waals surface area contributed by atoms with Gasteiger partial charge in [0.05, 0.1) is 10.7 Å². The largest absolute Gasteiger partial charge is 0.247 e. The lowest BCUT2D eigenvalue weighted by Gasteiger charge is -1.84. The Kier molecular flexibility index (Phi) is 2.66. The molecule has 1 rings (SSSR count). The van der Waals surface area contributed by atoms with Crippen LogP contribution >= 0.6 is 27.3 Å². The Labute approximate surface area is 67.3 Å². The number of halogens is 1. The standard InChI is InChI=1S/C6H8BrNS/c1-5-8-6(2-3-7)4-9-5/h4H,2-3H2,1H3. The fourth-order valence-electron chi connectivity index (χ4n) is 0.620. The topological polar surface area (TPSA) is 12.9 Å². The van der Waals surface area contributed by atoms with E-state index in [4.69, 9.17) is 0 Å². The van der Waals surface area contributed by atoms with Gasteiger partial charge in [0, 0.05) is 17.1 Å². The van der Waals surface area contributed by atoms with E-state index in [-0.39, 0.29) is 0 Å². The van der Waals surface area contributed by atoms with Crippen LogP contribution in [0.5, 0.6) is 0 Å². The van der Waals surface area contributed by atoms with Crippen molar-refractivity contribution in [2.75, 3.05) is 5.33 Å². The van der Waals surface area contributed by atoms with Gasteiger partial charge in [0.2, 0.25) is 0 Å². The second-order valence-corrected chi connectivity index (χ2v) is 3.65. The molecule has 1 aromatic rings. The van der Waals surface area contributed by atoms with Crippen LogP contribution in [0.3, 0.4) is 0 Å². The summed E-state index contributed by atoms with van der Waals surface area (Å²) in [5, 5.41) is 4.28. The number of hydrogen-bond acceptors (Lipinski definition) is 2. The second-order valence-electron chi connectivity index (χ2n) is 1.80. The fourth-order valence-corrected chi connectivity index (χ4v) is 1.67. The highest BCUT2D eigenvalue weighted by molar-refractivity contribution is 9.09. The van der Waals surface area contributed by atoms with E-state index in [1.807, 2.05) is 6.92 Å². The normalized spacial score (nSPS) is 10.0. The summed E-state index contributed by atoms with van der Waals surface area (Å²) in [6, 6.07) is 0. The molecule has 0 aromatic carbocycles. The third-order valence-corrected chi connectivity index (χ3v) is 2.24. The van der Waals surface area contributed by atoms with Crippen LogP contribution in [0.2, 0.25) is 0 Å². The van der Waals surface area contributed by atoms with Crippen molar-refractivity contribution >= 4 is 27.3 Å². The number of thiazole rings is 1. The Morgan fingerprint density at radius 1 is 1.78 bits per heavy atom. The number of aromatic nitrogens is 1. The number of nitrogens with zero attached hydrogens (tertiary/aromatic N) is 1. The molecule has 0 fully saturated rings. The van der Waals surface area contributed by atoms with Crippen molar-refractivity contribution in [3.05, 3.63) is 16.1 Å². The number of alkyl halides is 1. The molecule has 0 radical (unpaired) electrons. The van der Waals surface area contributed by atoms with Crippen molar-refractivity contribution in [3.8, 4) is 0 Å². The molecule has 0 aliphatic carbocycles. The van der Waals surface area contributed by atoms with Crippen LogP contribution in [0.15, 0.2) is 5.38 Å². The second kappa shape index (κ2) is 3.32. The molecule has 1 nitrogen and oxygen atoms in total. The minimum Gasteiger partial charge on any atom is -0.247 e. The summed E-state index contributed by atoms with van der Waals surface area (Å²) < 4.78 is 0. The van der Waals surface area contributed by atoms with Gasteiger partial charge in [0.15, 0.2) is 0 Å². The third-order valence-electron chi connectivity index (χ3n) is 1.02. The third kappa shape index (κ3) is 2.06. The first-order valence-electron chi connectivity index (χ1n) is 2.80. The Bertz CT molecular complexity index is 185. The number of rotatable bonds is 2. The first-order chi connectivity index (χ1) is 4.33. The van der Waals surface area contributed by atoms with Crippen LogP contribution in [0, 0.1) is 6.92 Å². The maximum Gasteiger partial charge on any atom is 0.0897 e. The minimum atomic E-state index is 1.01. The lowest BCUT2D eigenvalue weighted by molar-refractivity contribution is 1.06. The van der Waals surface area contributed by atoms with E-state index in [1.54, 1.807) is 11.3 Å². The Balaban J connectivity index is 2.61. The van der Waals surface area contributed by atoms with Crippen molar-refractivity contribution < 1.29 is 0 Å². The zero-order valence-electron chi connectivity index (χ0n) is 5.22. The Morgan fingerprint density at radius 2 is 2.56 bits per heavy atom. The maximum absolute atomic E-state index is 4.29. The van der Waals surface area contributed by atoms with Crippen LogP contribution < -0.4 is 0 Å². The van der Waals surface area contributed by atoms with Gasteiger partial charge in [0.1, 0.15) is 0 Å². The lowest BCUT2D eigenvalue weighted by atomic mass is 10.4.